The molecule has 0 aliphatic heterocycles. The summed E-state index contributed by atoms with van der Waals surface area (Å²) in [5.74, 6) is -1.19. The first-order valence-electron chi connectivity index (χ1n) is 9.28. The zero-order valence-corrected chi connectivity index (χ0v) is 16.9. The van der Waals surface area contributed by atoms with Crippen molar-refractivity contribution in [3.63, 3.8) is 0 Å². The lowest BCUT2D eigenvalue weighted by molar-refractivity contribution is -0.139. The summed E-state index contributed by atoms with van der Waals surface area (Å²) in [6, 6.07) is 8.68. The Hall–Kier alpha value is -3.62. The highest BCUT2D eigenvalue weighted by atomic mass is 19.4. The van der Waals surface area contributed by atoms with E-state index in [2.05, 4.69) is 10.1 Å². The van der Waals surface area contributed by atoms with E-state index in [0.717, 1.165) is 17.7 Å². The van der Waals surface area contributed by atoms with Crippen LogP contribution in [-0.2, 0) is 11.0 Å². The molecule has 1 N–H and O–H groups in total. The molecule has 0 aliphatic rings. The Morgan fingerprint density at radius 3 is 2.55 bits per heavy atom. The zero-order valence-electron chi connectivity index (χ0n) is 16.9. The van der Waals surface area contributed by atoms with E-state index < -0.39 is 23.8 Å². The lowest BCUT2D eigenvalue weighted by Gasteiger charge is -2.16. The molecule has 0 radical (unpaired) electrons. The number of carboxylic acids is 1. The molecular weight excluding hydrogens is 413 g/mol. The van der Waals surface area contributed by atoms with E-state index in [1.165, 1.54) is 18.2 Å². The Bertz CT molecular complexity index is 1130. The van der Waals surface area contributed by atoms with E-state index in [1.54, 1.807) is 39.0 Å². The summed E-state index contributed by atoms with van der Waals surface area (Å²) < 4.78 is 50.9. The van der Waals surface area contributed by atoms with Gasteiger partial charge in [0.15, 0.2) is 0 Å². The van der Waals surface area contributed by atoms with E-state index >= 15 is 0 Å². The quantitative estimate of drug-likeness (QED) is 0.509. The first-order chi connectivity index (χ1) is 14.5. The van der Waals surface area contributed by atoms with Crippen molar-refractivity contribution in [2.24, 2.45) is 0 Å². The number of rotatable bonds is 6. The van der Waals surface area contributed by atoms with Gasteiger partial charge in [0, 0.05) is 17.2 Å². The Morgan fingerprint density at radius 1 is 1.19 bits per heavy atom. The van der Waals surface area contributed by atoms with Gasteiger partial charge in [-0.3, -0.25) is 0 Å². The van der Waals surface area contributed by atoms with E-state index in [9.17, 15) is 18.0 Å². The number of carbonyl (C=O) groups is 1. The molecule has 0 aliphatic carbocycles. The molecule has 0 unspecified atom stereocenters. The number of aryl methyl sites for hydroxylation is 1. The SMILES string of the molecule is Cc1cc(C=CC(=O)O)ccc1-c1noc(-c2ccc(OC(C)C)c(C(F)(F)F)c2)n1. The second-order valence-corrected chi connectivity index (χ2v) is 7.04. The molecule has 2 aromatic carbocycles. The number of hydrogen-bond acceptors (Lipinski definition) is 5. The molecule has 31 heavy (non-hydrogen) atoms. The molecule has 9 heteroatoms. The van der Waals surface area contributed by atoms with E-state index in [0.29, 0.717) is 11.1 Å². The summed E-state index contributed by atoms with van der Waals surface area (Å²) in [6.07, 6.45) is -2.57. The zero-order chi connectivity index (χ0) is 22.8. The molecule has 6 nitrogen and oxygen atoms in total. The fraction of sp³-hybridized carbons (Fsp3) is 0.227. The molecular formula is C22H19F3N2O4. The van der Waals surface area contributed by atoms with Gasteiger partial charge in [-0.1, -0.05) is 23.4 Å². The fourth-order valence-corrected chi connectivity index (χ4v) is 2.90. The first-order valence-corrected chi connectivity index (χ1v) is 9.28. The number of halogens is 3. The van der Waals surface area contributed by atoms with Crippen molar-refractivity contribution in [2.75, 3.05) is 0 Å². The highest BCUT2D eigenvalue weighted by molar-refractivity contribution is 5.85. The second kappa shape index (κ2) is 8.63. The van der Waals surface area contributed by atoms with Crippen molar-refractivity contribution in [2.45, 2.75) is 33.1 Å². The van der Waals surface area contributed by atoms with E-state index in [4.69, 9.17) is 14.4 Å². The summed E-state index contributed by atoms with van der Waals surface area (Å²) >= 11 is 0. The van der Waals surface area contributed by atoms with Crippen LogP contribution in [0.25, 0.3) is 28.9 Å². The molecule has 0 saturated heterocycles. The van der Waals surface area contributed by atoms with Crippen LogP contribution < -0.4 is 4.74 Å². The topological polar surface area (TPSA) is 85.5 Å². The molecule has 0 bridgehead atoms. The van der Waals surface area contributed by atoms with Gasteiger partial charge in [-0.25, -0.2) is 4.79 Å². The highest BCUT2D eigenvalue weighted by Gasteiger charge is 2.35. The molecule has 0 saturated carbocycles. The lowest BCUT2D eigenvalue weighted by atomic mass is 10.0. The van der Waals surface area contributed by atoms with Crippen LogP contribution in [0.15, 0.2) is 47.0 Å². The minimum absolute atomic E-state index is 0.0640. The third-order valence-electron chi connectivity index (χ3n) is 4.23. The minimum atomic E-state index is -4.61. The Labute approximate surface area is 176 Å². The third-order valence-corrected chi connectivity index (χ3v) is 4.23. The summed E-state index contributed by atoms with van der Waals surface area (Å²) in [4.78, 5) is 14.9. The standard InChI is InChI=1S/C22H19F3N2O4/c1-12(2)30-18-8-6-15(11-17(18)22(23,24)25)21-26-20(27-31-21)16-7-4-14(10-13(16)3)5-9-19(28)29/h4-12H,1-3H3,(H,28,29). The molecule has 0 spiro atoms. The van der Waals surface area contributed by atoms with E-state index in [1.807, 2.05) is 0 Å². The van der Waals surface area contributed by atoms with E-state index in [-0.39, 0.29) is 23.0 Å². The Kier molecular flexibility index (Phi) is 6.14. The number of aliphatic carboxylic acids is 1. The molecule has 1 heterocycles. The van der Waals surface area contributed by atoms with Crippen molar-refractivity contribution in [1.29, 1.82) is 0 Å². The molecule has 162 valence electrons. The van der Waals surface area contributed by atoms with Crippen molar-refractivity contribution in [3.05, 3.63) is 59.2 Å². The van der Waals surface area contributed by atoms with Gasteiger partial charge in [0.25, 0.3) is 5.89 Å². The van der Waals surface area contributed by atoms with Crippen LogP contribution in [0.2, 0.25) is 0 Å². The number of nitrogens with zero attached hydrogens (tertiary/aromatic N) is 2. The summed E-state index contributed by atoms with van der Waals surface area (Å²) in [5.41, 5.74) is 1.21. The number of hydrogen-bond donors (Lipinski definition) is 1. The van der Waals surface area contributed by atoms with Crippen molar-refractivity contribution >= 4 is 12.0 Å². The Balaban J connectivity index is 1.94. The van der Waals surface area contributed by atoms with Gasteiger partial charge in [0.2, 0.25) is 5.82 Å². The summed E-state index contributed by atoms with van der Waals surface area (Å²) in [5, 5.41) is 12.6. The summed E-state index contributed by atoms with van der Waals surface area (Å²) in [7, 11) is 0. The summed E-state index contributed by atoms with van der Waals surface area (Å²) in [6.45, 7) is 5.07. The molecule has 1 aromatic heterocycles. The molecule has 0 atom stereocenters. The largest absolute Gasteiger partial charge is 0.490 e. The van der Waals surface area contributed by atoms with Crippen LogP contribution in [0.4, 0.5) is 13.2 Å². The van der Waals surface area contributed by atoms with Gasteiger partial charge in [-0.15, -0.1) is 0 Å². The van der Waals surface area contributed by atoms with Crippen LogP contribution >= 0.6 is 0 Å². The molecule has 0 fully saturated rings. The number of aromatic nitrogens is 2. The smallest absolute Gasteiger partial charge is 0.419 e. The van der Waals surface area contributed by atoms with Crippen LogP contribution in [0, 0.1) is 6.92 Å². The van der Waals surface area contributed by atoms with Gasteiger partial charge >= 0.3 is 12.1 Å². The molecule has 0 amide bonds. The predicted octanol–water partition coefficient (Wildman–Crippen LogP) is 5.62. The number of ether oxygens (including phenoxy) is 1. The maximum absolute atomic E-state index is 13.5. The number of carboxylic acid groups (broad SMARTS) is 1. The van der Waals surface area contributed by atoms with Crippen LogP contribution in [-0.4, -0.2) is 27.3 Å². The van der Waals surface area contributed by atoms with Crippen LogP contribution in [0.5, 0.6) is 5.75 Å². The number of benzene rings is 2. The van der Waals surface area contributed by atoms with Crippen molar-refractivity contribution in [3.8, 4) is 28.6 Å². The second-order valence-electron chi connectivity index (χ2n) is 7.04. The molecule has 3 aromatic rings. The van der Waals surface area contributed by atoms with Gasteiger partial charge in [-0.2, -0.15) is 18.2 Å². The monoisotopic (exact) mass is 432 g/mol. The Morgan fingerprint density at radius 2 is 1.94 bits per heavy atom. The predicted molar refractivity (Wildman–Crippen MR) is 107 cm³/mol. The number of alkyl halides is 3. The van der Waals surface area contributed by atoms with Gasteiger partial charge in [0.05, 0.1) is 11.7 Å². The van der Waals surface area contributed by atoms with Gasteiger partial charge in [-0.05, 0) is 56.2 Å². The lowest BCUT2D eigenvalue weighted by Crippen LogP contribution is -2.13. The average molecular weight is 432 g/mol. The van der Waals surface area contributed by atoms with Crippen LogP contribution in [0.1, 0.15) is 30.5 Å². The fourth-order valence-electron chi connectivity index (χ4n) is 2.90. The maximum atomic E-state index is 13.5. The van der Waals surface area contributed by atoms with Crippen molar-refractivity contribution in [1.82, 2.24) is 10.1 Å². The highest BCUT2D eigenvalue weighted by Crippen LogP contribution is 2.39. The van der Waals surface area contributed by atoms with Crippen molar-refractivity contribution < 1.29 is 32.3 Å². The van der Waals surface area contributed by atoms with Gasteiger partial charge in [0.1, 0.15) is 5.75 Å². The maximum Gasteiger partial charge on any atom is 0.419 e. The van der Waals surface area contributed by atoms with Gasteiger partial charge < -0.3 is 14.4 Å². The minimum Gasteiger partial charge on any atom is -0.490 e. The first kappa shape index (κ1) is 22.1. The van der Waals surface area contributed by atoms with Crippen LogP contribution in [0.3, 0.4) is 0 Å². The normalized spacial score (nSPS) is 12.0. The molecule has 3 rings (SSSR count). The third kappa shape index (κ3) is 5.30. The average Bonchev–Trinajstić information content (AvgIpc) is 3.15.